The van der Waals surface area contributed by atoms with Gasteiger partial charge in [0.05, 0.1) is 6.61 Å². The van der Waals surface area contributed by atoms with Gasteiger partial charge in [-0.05, 0) is 37.6 Å². The molecule has 0 atom stereocenters. The molecule has 0 spiro atoms. The van der Waals surface area contributed by atoms with Crippen LogP contribution in [-0.4, -0.2) is 31.4 Å². The number of benzene rings is 1. The van der Waals surface area contributed by atoms with Gasteiger partial charge < -0.3 is 15.2 Å². The smallest absolute Gasteiger partial charge is 0.119 e. The summed E-state index contributed by atoms with van der Waals surface area (Å²) in [6.07, 6.45) is 0.805. The van der Waals surface area contributed by atoms with Crippen LogP contribution >= 0.6 is 0 Å². The average Bonchev–Trinajstić information content (AvgIpc) is 2.36. The molecular formula is C15H25NO2. The van der Waals surface area contributed by atoms with E-state index in [1.807, 2.05) is 19.1 Å². The molecule has 102 valence electrons. The van der Waals surface area contributed by atoms with E-state index in [-0.39, 0.29) is 12.0 Å². The van der Waals surface area contributed by atoms with Gasteiger partial charge in [-0.2, -0.15) is 0 Å². The highest BCUT2D eigenvalue weighted by Gasteiger charge is 2.19. The summed E-state index contributed by atoms with van der Waals surface area (Å²) in [6, 6.07) is 8.29. The highest BCUT2D eigenvalue weighted by atomic mass is 16.5. The molecule has 0 bridgehead atoms. The maximum Gasteiger partial charge on any atom is 0.119 e. The van der Waals surface area contributed by atoms with Crippen molar-refractivity contribution in [3.63, 3.8) is 0 Å². The first-order valence-corrected chi connectivity index (χ1v) is 6.65. The van der Waals surface area contributed by atoms with E-state index in [2.05, 4.69) is 31.3 Å². The van der Waals surface area contributed by atoms with Gasteiger partial charge in [-0.3, -0.25) is 0 Å². The fourth-order valence-corrected chi connectivity index (χ4v) is 1.88. The highest BCUT2D eigenvalue weighted by molar-refractivity contribution is 5.31. The topological polar surface area (TPSA) is 41.5 Å². The van der Waals surface area contributed by atoms with Crippen molar-refractivity contribution >= 4 is 0 Å². The molecule has 0 heterocycles. The molecule has 18 heavy (non-hydrogen) atoms. The number of hydrogen-bond acceptors (Lipinski definition) is 3. The van der Waals surface area contributed by atoms with Gasteiger partial charge in [0.15, 0.2) is 0 Å². The Balaban J connectivity index is 2.54. The Morgan fingerprint density at radius 3 is 2.44 bits per heavy atom. The molecule has 0 unspecified atom stereocenters. The van der Waals surface area contributed by atoms with E-state index in [0.717, 1.165) is 25.3 Å². The third-order valence-electron chi connectivity index (χ3n) is 3.03. The largest absolute Gasteiger partial charge is 0.494 e. The summed E-state index contributed by atoms with van der Waals surface area (Å²) in [6.45, 7) is 9.13. The van der Waals surface area contributed by atoms with Gasteiger partial charge in [0.2, 0.25) is 0 Å². The van der Waals surface area contributed by atoms with Crippen LogP contribution in [0.5, 0.6) is 5.75 Å². The minimum absolute atomic E-state index is 0.0835. The van der Waals surface area contributed by atoms with Crippen LogP contribution in [0.2, 0.25) is 0 Å². The average molecular weight is 251 g/mol. The predicted molar refractivity (Wildman–Crippen MR) is 75.2 cm³/mol. The minimum atomic E-state index is 0.0835. The van der Waals surface area contributed by atoms with Crippen molar-refractivity contribution in [2.45, 2.75) is 32.6 Å². The van der Waals surface area contributed by atoms with E-state index in [0.29, 0.717) is 6.61 Å². The summed E-state index contributed by atoms with van der Waals surface area (Å²) in [4.78, 5) is 0. The summed E-state index contributed by atoms with van der Waals surface area (Å²) >= 11 is 0. The van der Waals surface area contributed by atoms with E-state index in [1.165, 1.54) is 5.56 Å². The summed E-state index contributed by atoms with van der Waals surface area (Å²) in [5, 5.41) is 12.1. The molecule has 0 fully saturated rings. The molecular weight excluding hydrogens is 226 g/mol. The lowest BCUT2D eigenvalue weighted by Crippen LogP contribution is -2.33. The molecule has 1 rings (SSSR count). The summed E-state index contributed by atoms with van der Waals surface area (Å²) in [5.41, 5.74) is 1.38. The zero-order chi connectivity index (χ0) is 13.4. The van der Waals surface area contributed by atoms with Crippen LogP contribution in [0.1, 0.15) is 32.8 Å². The van der Waals surface area contributed by atoms with Crippen molar-refractivity contribution < 1.29 is 9.84 Å². The second-order valence-electron chi connectivity index (χ2n) is 5.10. The van der Waals surface area contributed by atoms with Crippen molar-refractivity contribution in [3.05, 3.63) is 29.8 Å². The first-order chi connectivity index (χ1) is 8.60. The van der Waals surface area contributed by atoms with Gasteiger partial charge in [-0.1, -0.05) is 26.0 Å². The lowest BCUT2D eigenvalue weighted by molar-refractivity contribution is 0.284. The number of aliphatic hydroxyl groups is 1. The van der Waals surface area contributed by atoms with Gasteiger partial charge in [0.25, 0.3) is 0 Å². The van der Waals surface area contributed by atoms with Gasteiger partial charge in [0, 0.05) is 18.6 Å². The van der Waals surface area contributed by atoms with E-state index in [4.69, 9.17) is 9.84 Å². The van der Waals surface area contributed by atoms with Gasteiger partial charge in [-0.15, -0.1) is 0 Å². The van der Waals surface area contributed by atoms with Crippen LogP contribution in [0.15, 0.2) is 24.3 Å². The zero-order valence-corrected chi connectivity index (χ0v) is 11.7. The van der Waals surface area contributed by atoms with Gasteiger partial charge in [0.1, 0.15) is 5.75 Å². The second kappa shape index (κ2) is 7.39. The lowest BCUT2D eigenvalue weighted by Gasteiger charge is -2.26. The van der Waals surface area contributed by atoms with E-state index >= 15 is 0 Å². The number of hydrogen-bond donors (Lipinski definition) is 2. The van der Waals surface area contributed by atoms with E-state index in [1.54, 1.807) is 0 Å². The fourth-order valence-electron chi connectivity index (χ4n) is 1.88. The Morgan fingerprint density at radius 2 is 1.89 bits per heavy atom. The monoisotopic (exact) mass is 251 g/mol. The fraction of sp³-hybridized carbons (Fsp3) is 0.600. The Kier molecular flexibility index (Phi) is 6.16. The summed E-state index contributed by atoms with van der Waals surface area (Å²) in [7, 11) is 0. The molecule has 3 heteroatoms. The van der Waals surface area contributed by atoms with Crippen LogP contribution < -0.4 is 10.1 Å². The lowest BCUT2D eigenvalue weighted by atomic mass is 9.84. The summed E-state index contributed by atoms with van der Waals surface area (Å²) < 4.78 is 5.44. The number of aliphatic hydroxyl groups excluding tert-OH is 1. The Labute approximate surface area is 110 Å². The molecule has 1 aromatic carbocycles. The number of nitrogens with one attached hydrogen (secondary N) is 1. The van der Waals surface area contributed by atoms with Crippen LogP contribution in [0.25, 0.3) is 0 Å². The predicted octanol–water partition coefficient (Wildman–Crippen LogP) is 2.33. The van der Waals surface area contributed by atoms with E-state index < -0.39 is 0 Å². The van der Waals surface area contributed by atoms with E-state index in [9.17, 15) is 0 Å². The molecule has 3 nitrogen and oxygen atoms in total. The molecule has 0 aliphatic carbocycles. The molecule has 0 radical (unpaired) electrons. The molecule has 0 saturated carbocycles. The minimum Gasteiger partial charge on any atom is -0.494 e. The van der Waals surface area contributed by atoms with Crippen molar-refractivity contribution in [3.8, 4) is 5.75 Å². The maximum absolute atomic E-state index is 8.74. The highest BCUT2D eigenvalue weighted by Crippen LogP contribution is 2.24. The van der Waals surface area contributed by atoms with Crippen LogP contribution in [0.3, 0.4) is 0 Å². The Morgan fingerprint density at radius 1 is 1.22 bits per heavy atom. The Bertz CT molecular complexity index is 333. The third-order valence-corrected chi connectivity index (χ3v) is 3.03. The maximum atomic E-state index is 8.74. The molecule has 0 aromatic heterocycles. The van der Waals surface area contributed by atoms with Crippen LogP contribution in [0.4, 0.5) is 0 Å². The number of ether oxygens (including phenoxy) is 1. The number of rotatable bonds is 8. The zero-order valence-electron chi connectivity index (χ0n) is 11.7. The first kappa shape index (κ1) is 15.0. The standard InChI is InChI=1S/C15H25NO2/c1-4-18-14-8-6-13(7-9-14)15(2,3)12-16-10-5-11-17/h6-9,16-17H,4-5,10-12H2,1-3H3. The molecule has 2 N–H and O–H groups in total. The second-order valence-corrected chi connectivity index (χ2v) is 5.10. The molecule has 1 aromatic rings. The quantitative estimate of drug-likeness (QED) is 0.697. The van der Waals surface area contributed by atoms with Crippen LogP contribution in [-0.2, 0) is 5.41 Å². The third kappa shape index (κ3) is 4.67. The van der Waals surface area contributed by atoms with Gasteiger partial charge in [-0.25, -0.2) is 0 Å². The molecule has 0 aliphatic rings. The normalized spacial score (nSPS) is 11.6. The van der Waals surface area contributed by atoms with Crippen molar-refractivity contribution in [2.24, 2.45) is 0 Å². The van der Waals surface area contributed by atoms with Gasteiger partial charge >= 0.3 is 0 Å². The first-order valence-electron chi connectivity index (χ1n) is 6.65. The Hall–Kier alpha value is -1.06. The molecule has 0 aliphatic heterocycles. The van der Waals surface area contributed by atoms with Crippen LogP contribution in [0, 0.1) is 0 Å². The van der Waals surface area contributed by atoms with Crippen molar-refractivity contribution in [1.29, 1.82) is 0 Å². The molecule has 0 saturated heterocycles. The summed E-state index contributed by atoms with van der Waals surface area (Å²) in [5.74, 6) is 0.922. The SMILES string of the molecule is CCOc1ccc(C(C)(C)CNCCCO)cc1. The van der Waals surface area contributed by atoms with Crippen molar-refractivity contribution in [2.75, 3.05) is 26.3 Å². The molecule has 0 amide bonds. The van der Waals surface area contributed by atoms with Crippen molar-refractivity contribution in [1.82, 2.24) is 5.32 Å².